The Hall–Kier alpha value is -2.89. The number of amides is 2. The van der Waals surface area contributed by atoms with Crippen molar-refractivity contribution in [1.82, 2.24) is 10.7 Å². The number of benzene rings is 2. The molecule has 0 atom stereocenters. The van der Waals surface area contributed by atoms with Gasteiger partial charge in [0.25, 0.3) is 0 Å². The Balaban J connectivity index is 1.73. The molecule has 2 aromatic rings. The van der Waals surface area contributed by atoms with E-state index in [9.17, 15) is 14.7 Å². The van der Waals surface area contributed by atoms with Gasteiger partial charge in [0.2, 0.25) is 0 Å². The predicted octanol–water partition coefficient (Wildman–Crippen LogP) is 1.27. The first kappa shape index (κ1) is 14.1. The minimum absolute atomic E-state index is 0.0548. The van der Waals surface area contributed by atoms with Gasteiger partial charge in [0, 0.05) is 11.6 Å². The first-order chi connectivity index (χ1) is 10.6. The summed E-state index contributed by atoms with van der Waals surface area (Å²) in [6.45, 7) is 0. The van der Waals surface area contributed by atoms with Gasteiger partial charge in [-0.05, 0) is 29.7 Å². The van der Waals surface area contributed by atoms with E-state index in [1.165, 1.54) is 6.21 Å². The van der Waals surface area contributed by atoms with Crippen LogP contribution in [0, 0.1) is 0 Å². The van der Waals surface area contributed by atoms with Gasteiger partial charge in [-0.1, -0.05) is 30.3 Å². The first-order valence-electron chi connectivity index (χ1n) is 7.00. The van der Waals surface area contributed by atoms with Crippen LogP contribution in [0.15, 0.2) is 41.5 Å². The lowest BCUT2D eigenvalue weighted by Gasteiger charge is -2.05. The highest BCUT2D eigenvalue weighted by Crippen LogP contribution is 2.25. The average Bonchev–Trinajstić information content (AvgIpc) is 3.33. The van der Waals surface area contributed by atoms with Gasteiger partial charge in [0.1, 0.15) is 5.75 Å². The van der Waals surface area contributed by atoms with Crippen LogP contribution in [0.1, 0.15) is 18.4 Å². The monoisotopic (exact) mass is 297 g/mol. The summed E-state index contributed by atoms with van der Waals surface area (Å²) < 4.78 is 0. The van der Waals surface area contributed by atoms with Gasteiger partial charge in [0.05, 0.1) is 6.21 Å². The zero-order valence-electron chi connectivity index (χ0n) is 11.7. The molecule has 0 radical (unpaired) electrons. The topological polar surface area (TPSA) is 90.8 Å². The third-order valence-electron chi connectivity index (χ3n) is 3.43. The molecular weight excluding hydrogens is 282 g/mol. The van der Waals surface area contributed by atoms with Crippen molar-refractivity contribution in [2.45, 2.75) is 18.9 Å². The molecule has 1 aliphatic rings. The van der Waals surface area contributed by atoms with Crippen LogP contribution in [-0.4, -0.2) is 29.2 Å². The Kier molecular flexibility index (Phi) is 3.74. The fourth-order valence-corrected chi connectivity index (χ4v) is 2.10. The van der Waals surface area contributed by atoms with E-state index in [1.807, 2.05) is 24.3 Å². The molecule has 0 spiro atoms. The van der Waals surface area contributed by atoms with Crippen LogP contribution in [-0.2, 0) is 9.59 Å². The molecule has 0 bridgehead atoms. The minimum atomic E-state index is -0.817. The van der Waals surface area contributed by atoms with Crippen molar-refractivity contribution in [3.8, 4) is 5.75 Å². The molecule has 22 heavy (non-hydrogen) atoms. The molecule has 0 aliphatic heterocycles. The van der Waals surface area contributed by atoms with Crippen molar-refractivity contribution in [3.63, 3.8) is 0 Å². The Morgan fingerprint density at radius 2 is 1.91 bits per heavy atom. The summed E-state index contributed by atoms with van der Waals surface area (Å²) in [5.74, 6) is -1.45. The normalized spacial score (nSPS) is 14.2. The summed E-state index contributed by atoms with van der Waals surface area (Å²) >= 11 is 0. The second-order valence-corrected chi connectivity index (χ2v) is 5.17. The van der Waals surface area contributed by atoms with Gasteiger partial charge in [-0.2, -0.15) is 5.10 Å². The van der Waals surface area contributed by atoms with Crippen molar-refractivity contribution in [1.29, 1.82) is 0 Å². The van der Waals surface area contributed by atoms with Crippen LogP contribution in [0.5, 0.6) is 5.75 Å². The maximum atomic E-state index is 11.5. The molecule has 0 saturated heterocycles. The minimum Gasteiger partial charge on any atom is -0.507 e. The van der Waals surface area contributed by atoms with Crippen LogP contribution in [0.3, 0.4) is 0 Å². The molecule has 0 heterocycles. The summed E-state index contributed by atoms with van der Waals surface area (Å²) in [5, 5.41) is 18.0. The van der Waals surface area contributed by atoms with Crippen LogP contribution >= 0.6 is 0 Å². The zero-order chi connectivity index (χ0) is 15.5. The van der Waals surface area contributed by atoms with Crippen LogP contribution in [0.4, 0.5) is 0 Å². The van der Waals surface area contributed by atoms with E-state index in [2.05, 4.69) is 15.8 Å². The van der Waals surface area contributed by atoms with Gasteiger partial charge >= 0.3 is 11.8 Å². The number of hydrogen-bond donors (Lipinski definition) is 3. The predicted molar refractivity (Wildman–Crippen MR) is 82.5 cm³/mol. The van der Waals surface area contributed by atoms with Crippen molar-refractivity contribution in [3.05, 3.63) is 42.0 Å². The zero-order valence-corrected chi connectivity index (χ0v) is 11.7. The lowest BCUT2D eigenvalue weighted by Crippen LogP contribution is -2.38. The Morgan fingerprint density at radius 3 is 2.68 bits per heavy atom. The van der Waals surface area contributed by atoms with E-state index >= 15 is 0 Å². The number of phenolic OH excluding ortho intramolecular Hbond substituents is 1. The number of nitrogens with one attached hydrogen (secondary N) is 2. The summed E-state index contributed by atoms with van der Waals surface area (Å²) in [5.41, 5.74) is 2.65. The highest BCUT2D eigenvalue weighted by atomic mass is 16.3. The maximum absolute atomic E-state index is 11.5. The fourth-order valence-electron chi connectivity index (χ4n) is 2.10. The first-order valence-corrected chi connectivity index (χ1v) is 7.00. The third-order valence-corrected chi connectivity index (χ3v) is 3.43. The quantitative estimate of drug-likeness (QED) is 0.453. The van der Waals surface area contributed by atoms with Crippen molar-refractivity contribution in [2.75, 3.05) is 0 Å². The molecule has 2 aromatic carbocycles. The number of hydrazone groups is 1. The number of nitrogens with zero attached hydrogens (tertiary/aromatic N) is 1. The lowest BCUT2D eigenvalue weighted by atomic mass is 10.0. The molecule has 3 rings (SSSR count). The molecule has 2 amide bonds. The molecule has 6 heteroatoms. The SMILES string of the molecule is O=C(N/N=C\c1c(O)ccc2ccccc12)C(=O)NC1CC1. The molecule has 6 nitrogen and oxygen atoms in total. The number of hydrogen-bond acceptors (Lipinski definition) is 4. The molecular formula is C16H15N3O3. The molecule has 0 aromatic heterocycles. The largest absolute Gasteiger partial charge is 0.507 e. The van der Waals surface area contributed by atoms with E-state index in [4.69, 9.17) is 0 Å². The fraction of sp³-hybridized carbons (Fsp3) is 0.188. The number of carbonyl (C=O) groups excluding carboxylic acids is 2. The maximum Gasteiger partial charge on any atom is 0.329 e. The van der Waals surface area contributed by atoms with E-state index in [-0.39, 0.29) is 11.8 Å². The number of aromatic hydroxyl groups is 1. The van der Waals surface area contributed by atoms with Gasteiger partial charge in [-0.15, -0.1) is 0 Å². The molecule has 1 aliphatic carbocycles. The second kappa shape index (κ2) is 5.85. The summed E-state index contributed by atoms with van der Waals surface area (Å²) in [6, 6.07) is 11.0. The van der Waals surface area contributed by atoms with Gasteiger partial charge in [-0.25, -0.2) is 5.43 Å². The second-order valence-electron chi connectivity index (χ2n) is 5.17. The third kappa shape index (κ3) is 3.06. The van der Waals surface area contributed by atoms with Crippen LogP contribution in [0.2, 0.25) is 0 Å². The number of carbonyl (C=O) groups is 2. The standard InChI is InChI=1S/C16H15N3O3/c20-14-8-5-10-3-1-2-4-12(10)13(14)9-17-19-16(22)15(21)18-11-6-7-11/h1-5,8-9,11,20H,6-7H2,(H,18,21)(H,19,22)/b17-9-. The van der Waals surface area contributed by atoms with Crippen molar-refractivity contribution < 1.29 is 14.7 Å². The van der Waals surface area contributed by atoms with Gasteiger partial charge in [-0.3, -0.25) is 9.59 Å². The number of fused-ring (bicyclic) bond motifs is 1. The Morgan fingerprint density at radius 1 is 1.14 bits per heavy atom. The Labute approximate surface area is 126 Å². The van der Waals surface area contributed by atoms with Gasteiger partial charge < -0.3 is 10.4 Å². The summed E-state index contributed by atoms with van der Waals surface area (Å²) in [6.07, 6.45) is 3.15. The molecule has 112 valence electrons. The molecule has 0 unspecified atom stereocenters. The molecule has 1 saturated carbocycles. The highest BCUT2D eigenvalue weighted by Gasteiger charge is 2.26. The molecule has 3 N–H and O–H groups in total. The lowest BCUT2D eigenvalue weighted by molar-refractivity contribution is -0.139. The molecule has 1 fully saturated rings. The van der Waals surface area contributed by atoms with E-state index < -0.39 is 11.8 Å². The van der Waals surface area contributed by atoms with Crippen LogP contribution in [0.25, 0.3) is 10.8 Å². The summed E-state index contributed by atoms with van der Waals surface area (Å²) in [7, 11) is 0. The van der Waals surface area contributed by atoms with Crippen molar-refractivity contribution >= 4 is 28.8 Å². The smallest absolute Gasteiger partial charge is 0.329 e. The number of rotatable bonds is 3. The van der Waals surface area contributed by atoms with Gasteiger partial charge in [0.15, 0.2) is 0 Å². The average molecular weight is 297 g/mol. The van der Waals surface area contributed by atoms with E-state index in [1.54, 1.807) is 12.1 Å². The van der Waals surface area contributed by atoms with Crippen molar-refractivity contribution in [2.24, 2.45) is 5.10 Å². The van der Waals surface area contributed by atoms with E-state index in [0.29, 0.717) is 5.56 Å². The van der Waals surface area contributed by atoms with E-state index in [0.717, 1.165) is 23.6 Å². The summed E-state index contributed by atoms with van der Waals surface area (Å²) in [4.78, 5) is 23.0. The highest BCUT2D eigenvalue weighted by molar-refractivity contribution is 6.35. The van der Waals surface area contributed by atoms with Crippen LogP contribution < -0.4 is 10.7 Å². The number of phenols is 1. The Bertz CT molecular complexity index is 766.